The zero-order valence-corrected chi connectivity index (χ0v) is 8.26. The minimum absolute atomic E-state index is 0.0758. The molecule has 1 rings (SSSR count). The molecule has 14 heavy (non-hydrogen) atoms. The summed E-state index contributed by atoms with van der Waals surface area (Å²) in [5.74, 6) is 0.453. The third-order valence-corrected chi connectivity index (χ3v) is 1.53. The van der Waals surface area contributed by atoms with E-state index in [0.29, 0.717) is 11.5 Å². The Hall–Kier alpha value is -1.83. The van der Waals surface area contributed by atoms with Crippen LogP contribution in [0.2, 0.25) is 0 Å². The predicted octanol–water partition coefficient (Wildman–Crippen LogP) is -0.722. The molecule has 1 aromatic rings. The Bertz CT molecular complexity index is 372. The second kappa shape index (κ2) is 3.92. The van der Waals surface area contributed by atoms with E-state index >= 15 is 0 Å². The van der Waals surface area contributed by atoms with Gasteiger partial charge in [-0.25, -0.2) is 4.79 Å². The summed E-state index contributed by atoms with van der Waals surface area (Å²) in [4.78, 5) is 10.4. The average Bonchev–Trinajstić information content (AvgIpc) is 2.43. The van der Waals surface area contributed by atoms with E-state index in [0.717, 1.165) is 0 Å². The van der Waals surface area contributed by atoms with E-state index in [1.165, 1.54) is 4.68 Å². The third-order valence-electron chi connectivity index (χ3n) is 1.35. The number of hydrogen-bond acceptors (Lipinski definition) is 4. The van der Waals surface area contributed by atoms with Crippen LogP contribution in [-0.2, 0) is 0 Å². The summed E-state index contributed by atoms with van der Waals surface area (Å²) < 4.78 is 1.28. The van der Waals surface area contributed by atoms with E-state index < -0.39 is 6.03 Å². The fourth-order valence-corrected chi connectivity index (χ4v) is 1.02. The number of nitrogens with two attached hydrogens (primary N) is 2. The predicted molar refractivity (Wildman–Crippen MR) is 55.5 cm³/mol. The molecule has 0 atom stereocenters. The molecule has 0 fully saturated rings. The van der Waals surface area contributed by atoms with Crippen LogP contribution < -0.4 is 22.3 Å². The van der Waals surface area contributed by atoms with Gasteiger partial charge < -0.3 is 11.5 Å². The standard InChI is InChI=1S/C6H10N6OS/c1-3-2-4(9-10-5(7)13)12(11-3)6(8)14/h2,9H,1H3,(H2,8,14)(H3,7,10,13). The van der Waals surface area contributed by atoms with Gasteiger partial charge in [-0.2, -0.15) is 9.78 Å². The van der Waals surface area contributed by atoms with Crippen molar-refractivity contribution in [3.8, 4) is 0 Å². The molecule has 6 N–H and O–H groups in total. The molecule has 76 valence electrons. The second-order valence-corrected chi connectivity index (χ2v) is 2.95. The summed E-state index contributed by atoms with van der Waals surface area (Å²) >= 11 is 4.74. The number of thiocarbonyl (C=S) groups is 1. The van der Waals surface area contributed by atoms with Crippen molar-refractivity contribution in [3.63, 3.8) is 0 Å². The third kappa shape index (κ3) is 2.33. The number of carbonyl (C=O) groups excluding carboxylic acids is 1. The minimum Gasteiger partial charge on any atom is -0.374 e. The lowest BCUT2D eigenvalue weighted by Gasteiger charge is -2.06. The first-order valence-corrected chi connectivity index (χ1v) is 4.09. The first kappa shape index (κ1) is 10.3. The molecule has 0 saturated carbocycles. The molecular formula is C6H10N6OS. The zero-order valence-electron chi connectivity index (χ0n) is 7.44. The van der Waals surface area contributed by atoms with E-state index in [1.54, 1.807) is 13.0 Å². The van der Waals surface area contributed by atoms with Gasteiger partial charge in [0.05, 0.1) is 5.69 Å². The summed E-state index contributed by atoms with van der Waals surface area (Å²) in [5.41, 5.74) is 15.7. The van der Waals surface area contributed by atoms with Crippen LogP contribution in [-0.4, -0.2) is 20.9 Å². The molecule has 0 aliphatic rings. The van der Waals surface area contributed by atoms with Crippen molar-refractivity contribution < 1.29 is 4.79 Å². The maximum atomic E-state index is 10.4. The Morgan fingerprint density at radius 2 is 2.29 bits per heavy atom. The Balaban J connectivity index is 2.84. The number of urea groups is 1. The van der Waals surface area contributed by atoms with Gasteiger partial charge in [-0.3, -0.25) is 10.9 Å². The van der Waals surface area contributed by atoms with Crippen molar-refractivity contribution in [3.05, 3.63) is 11.8 Å². The van der Waals surface area contributed by atoms with Crippen LogP contribution in [0.5, 0.6) is 0 Å². The van der Waals surface area contributed by atoms with Crippen molar-refractivity contribution in [1.82, 2.24) is 15.2 Å². The van der Waals surface area contributed by atoms with E-state index in [4.69, 9.17) is 23.7 Å². The summed E-state index contributed by atoms with van der Waals surface area (Å²) in [6, 6.07) is 0.952. The minimum atomic E-state index is -0.710. The Morgan fingerprint density at radius 1 is 1.64 bits per heavy atom. The second-order valence-electron chi connectivity index (χ2n) is 2.54. The van der Waals surface area contributed by atoms with Crippen LogP contribution in [0.1, 0.15) is 5.69 Å². The van der Waals surface area contributed by atoms with Gasteiger partial charge in [-0.15, -0.1) is 0 Å². The maximum Gasteiger partial charge on any atom is 0.330 e. The Morgan fingerprint density at radius 3 is 2.79 bits per heavy atom. The van der Waals surface area contributed by atoms with Crippen LogP contribution in [0.3, 0.4) is 0 Å². The molecule has 0 spiro atoms. The van der Waals surface area contributed by atoms with Gasteiger partial charge in [-0.1, -0.05) is 0 Å². The number of carbonyl (C=O) groups is 1. The number of amides is 2. The molecule has 0 unspecified atom stereocenters. The molecular weight excluding hydrogens is 204 g/mol. The van der Waals surface area contributed by atoms with Gasteiger partial charge in [0.15, 0.2) is 10.9 Å². The highest BCUT2D eigenvalue weighted by Crippen LogP contribution is 2.07. The van der Waals surface area contributed by atoms with Gasteiger partial charge in [0.2, 0.25) is 0 Å². The number of aryl methyl sites for hydroxylation is 1. The largest absolute Gasteiger partial charge is 0.374 e. The highest BCUT2D eigenvalue weighted by atomic mass is 32.1. The van der Waals surface area contributed by atoms with Crippen LogP contribution in [0, 0.1) is 6.92 Å². The lowest BCUT2D eigenvalue weighted by Crippen LogP contribution is -2.36. The maximum absolute atomic E-state index is 10.4. The monoisotopic (exact) mass is 214 g/mol. The van der Waals surface area contributed by atoms with Crippen LogP contribution in [0.4, 0.5) is 10.6 Å². The fourth-order valence-electron chi connectivity index (χ4n) is 0.882. The summed E-state index contributed by atoms with van der Waals surface area (Å²) in [7, 11) is 0. The molecule has 1 aromatic heterocycles. The molecule has 0 aromatic carbocycles. The van der Waals surface area contributed by atoms with Gasteiger partial charge in [0.1, 0.15) is 0 Å². The highest BCUT2D eigenvalue weighted by Gasteiger charge is 2.06. The zero-order chi connectivity index (χ0) is 10.7. The highest BCUT2D eigenvalue weighted by molar-refractivity contribution is 7.80. The number of rotatable bonds is 2. The van der Waals surface area contributed by atoms with Gasteiger partial charge in [0.25, 0.3) is 0 Å². The van der Waals surface area contributed by atoms with Crippen LogP contribution in [0.15, 0.2) is 6.07 Å². The molecule has 2 amide bonds. The van der Waals surface area contributed by atoms with Gasteiger partial charge in [0, 0.05) is 6.07 Å². The lowest BCUT2D eigenvalue weighted by molar-refractivity contribution is 0.250. The summed E-state index contributed by atoms with van der Waals surface area (Å²) in [6.45, 7) is 1.77. The fraction of sp³-hybridized carbons (Fsp3) is 0.167. The topological polar surface area (TPSA) is 111 Å². The summed E-state index contributed by atoms with van der Waals surface area (Å²) in [5, 5.41) is 4.06. The van der Waals surface area contributed by atoms with Crippen molar-refractivity contribution >= 4 is 29.2 Å². The number of aromatic nitrogens is 2. The van der Waals surface area contributed by atoms with Crippen molar-refractivity contribution in [2.45, 2.75) is 6.92 Å². The van der Waals surface area contributed by atoms with Crippen LogP contribution >= 0.6 is 12.2 Å². The van der Waals surface area contributed by atoms with E-state index in [-0.39, 0.29) is 5.11 Å². The number of hydrazine groups is 1. The normalized spacial score (nSPS) is 9.50. The van der Waals surface area contributed by atoms with Crippen molar-refractivity contribution in [2.75, 3.05) is 5.43 Å². The molecule has 1 heterocycles. The molecule has 0 aliphatic heterocycles. The number of primary amides is 1. The van der Waals surface area contributed by atoms with E-state index in [9.17, 15) is 4.79 Å². The number of anilines is 1. The molecule has 8 heteroatoms. The number of nitrogens with zero attached hydrogens (tertiary/aromatic N) is 2. The molecule has 0 aliphatic carbocycles. The molecule has 0 bridgehead atoms. The van der Waals surface area contributed by atoms with E-state index in [2.05, 4.69) is 16.0 Å². The molecule has 0 saturated heterocycles. The van der Waals surface area contributed by atoms with Gasteiger partial charge in [-0.05, 0) is 19.1 Å². The van der Waals surface area contributed by atoms with Crippen LogP contribution in [0.25, 0.3) is 0 Å². The smallest absolute Gasteiger partial charge is 0.330 e. The first-order chi connectivity index (χ1) is 6.50. The first-order valence-electron chi connectivity index (χ1n) is 3.68. The Kier molecular flexibility index (Phi) is 2.87. The number of hydrogen-bond donors (Lipinski definition) is 4. The lowest BCUT2D eigenvalue weighted by atomic mass is 10.5. The average molecular weight is 214 g/mol. The van der Waals surface area contributed by atoms with Crippen molar-refractivity contribution in [1.29, 1.82) is 0 Å². The van der Waals surface area contributed by atoms with Gasteiger partial charge >= 0.3 is 6.03 Å². The molecule has 7 nitrogen and oxygen atoms in total. The SMILES string of the molecule is Cc1cc(NNC(N)=O)n(C(N)=S)n1. The quantitative estimate of drug-likeness (QED) is 0.383. The Labute approximate surface area is 85.4 Å². The van der Waals surface area contributed by atoms with E-state index in [1.807, 2.05) is 0 Å². The summed E-state index contributed by atoms with van der Waals surface area (Å²) in [6.07, 6.45) is 0. The molecule has 0 radical (unpaired) electrons. The van der Waals surface area contributed by atoms with Crippen molar-refractivity contribution in [2.24, 2.45) is 11.5 Å². The number of nitrogens with one attached hydrogen (secondary N) is 2.